The number of hydrogen-bond acceptors (Lipinski definition) is 3. The van der Waals surface area contributed by atoms with Crippen molar-refractivity contribution in [1.29, 1.82) is 0 Å². The molecular weight excluding hydrogens is 390 g/mol. The Hall–Kier alpha value is -3.74. The number of nitrogens with zero attached hydrogens (tertiary/aromatic N) is 1. The largest absolute Gasteiger partial charge is 0.459 e. The van der Waals surface area contributed by atoms with Gasteiger partial charge in [-0.15, -0.1) is 0 Å². The summed E-state index contributed by atoms with van der Waals surface area (Å²) in [5.41, 5.74) is 0.491. The van der Waals surface area contributed by atoms with Crippen molar-refractivity contribution in [1.82, 2.24) is 4.57 Å². The number of aryl methyl sites for hydroxylation is 1. The summed E-state index contributed by atoms with van der Waals surface area (Å²) >= 11 is 0. The standard InChI is InChI=1S/C23H20F2N2O3/c1-4-15(3)30-21-12-8-17(13-20(21)25)26-22(28)19-11-5-14(2)27(23(19)29)18-9-6-16(24)7-10-18/h4-13H,1-3H3,(H,26,28)/b15-4+. The lowest BCUT2D eigenvalue weighted by atomic mass is 10.2. The Morgan fingerprint density at radius 2 is 1.77 bits per heavy atom. The van der Waals surface area contributed by atoms with Crippen molar-refractivity contribution in [2.24, 2.45) is 0 Å². The second kappa shape index (κ2) is 8.73. The van der Waals surface area contributed by atoms with Gasteiger partial charge in [0.1, 0.15) is 11.4 Å². The van der Waals surface area contributed by atoms with E-state index >= 15 is 0 Å². The predicted octanol–water partition coefficient (Wildman–Crippen LogP) is 4.98. The molecule has 1 N–H and O–H groups in total. The van der Waals surface area contributed by atoms with Gasteiger partial charge in [0, 0.05) is 23.1 Å². The quantitative estimate of drug-likeness (QED) is 0.604. The molecule has 0 radical (unpaired) electrons. The van der Waals surface area contributed by atoms with E-state index in [1.54, 1.807) is 32.9 Å². The molecule has 7 heteroatoms. The summed E-state index contributed by atoms with van der Waals surface area (Å²) in [6, 6.07) is 12.4. The van der Waals surface area contributed by atoms with E-state index in [2.05, 4.69) is 5.32 Å². The number of hydrogen-bond donors (Lipinski definition) is 1. The molecule has 0 fully saturated rings. The van der Waals surface area contributed by atoms with E-state index in [0.717, 1.165) is 6.07 Å². The number of amides is 1. The van der Waals surface area contributed by atoms with Crippen molar-refractivity contribution in [3.8, 4) is 11.4 Å². The molecule has 0 aliphatic rings. The molecule has 1 heterocycles. The first-order valence-electron chi connectivity index (χ1n) is 9.20. The molecule has 0 atom stereocenters. The topological polar surface area (TPSA) is 60.3 Å². The summed E-state index contributed by atoms with van der Waals surface area (Å²) < 4.78 is 34.1. The summed E-state index contributed by atoms with van der Waals surface area (Å²) in [6.07, 6.45) is 1.69. The third kappa shape index (κ3) is 4.46. The van der Waals surface area contributed by atoms with Crippen LogP contribution in [-0.4, -0.2) is 10.5 Å². The molecule has 3 aromatic rings. The summed E-state index contributed by atoms with van der Waals surface area (Å²) in [5.74, 6) is -1.21. The van der Waals surface area contributed by atoms with Crippen LogP contribution < -0.4 is 15.6 Å². The molecule has 0 aliphatic carbocycles. The van der Waals surface area contributed by atoms with Gasteiger partial charge in [-0.1, -0.05) is 0 Å². The third-order valence-electron chi connectivity index (χ3n) is 4.47. The zero-order chi connectivity index (χ0) is 21.8. The van der Waals surface area contributed by atoms with Crippen LogP contribution in [0.15, 0.2) is 71.2 Å². The maximum Gasteiger partial charge on any atom is 0.268 e. The fourth-order valence-electron chi connectivity index (χ4n) is 2.81. The van der Waals surface area contributed by atoms with Crippen LogP contribution in [0.3, 0.4) is 0 Å². The minimum atomic E-state index is -0.687. The van der Waals surface area contributed by atoms with E-state index in [9.17, 15) is 18.4 Å². The number of carbonyl (C=O) groups excluding carboxylic acids is 1. The van der Waals surface area contributed by atoms with Crippen molar-refractivity contribution in [2.45, 2.75) is 20.8 Å². The molecule has 0 aliphatic heterocycles. The summed E-state index contributed by atoms with van der Waals surface area (Å²) in [6.45, 7) is 5.16. The fourth-order valence-corrected chi connectivity index (χ4v) is 2.81. The predicted molar refractivity (Wildman–Crippen MR) is 111 cm³/mol. The first kappa shape index (κ1) is 21.0. The fraction of sp³-hybridized carbons (Fsp3) is 0.130. The number of halogens is 2. The average molecular weight is 410 g/mol. The Labute approximate surface area is 172 Å². The van der Waals surface area contributed by atoms with Crippen LogP contribution in [-0.2, 0) is 0 Å². The Morgan fingerprint density at radius 3 is 2.40 bits per heavy atom. The van der Waals surface area contributed by atoms with Crippen LogP contribution in [0.1, 0.15) is 29.9 Å². The number of pyridine rings is 1. The molecule has 5 nitrogen and oxygen atoms in total. The first-order valence-corrected chi connectivity index (χ1v) is 9.20. The van der Waals surface area contributed by atoms with Gasteiger partial charge in [0.25, 0.3) is 11.5 Å². The normalized spacial score (nSPS) is 11.3. The molecule has 0 saturated carbocycles. The number of nitrogens with one attached hydrogen (secondary N) is 1. The van der Waals surface area contributed by atoms with Gasteiger partial charge < -0.3 is 10.1 Å². The Balaban J connectivity index is 1.89. The molecule has 1 amide bonds. The van der Waals surface area contributed by atoms with Crippen LogP contribution in [0.4, 0.5) is 14.5 Å². The first-order chi connectivity index (χ1) is 14.3. The molecule has 0 bridgehead atoms. The maximum absolute atomic E-state index is 14.2. The Morgan fingerprint density at radius 1 is 1.07 bits per heavy atom. The van der Waals surface area contributed by atoms with Gasteiger partial charge in [0.2, 0.25) is 0 Å². The SMILES string of the molecule is C/C=C(\C)Oc1ccc(NC(=O)c2ccc(C)n(-c3ccc(F)cc3)c2=O)cc1F. The van der Waals surface area contributed by atoms with Crippen LogP contribution in [0.5, 0.6) is 5.75 Å². The molecular formula is C23H20F2N2O3. The Bertz CT molecular complexity index is 1180. The minimum absolute atomic E-state index is 0.0256. The zero-order valence-electron chi connectivity index (χ0n) is 16.7. The molecule has 30 heavy (non-hydrogen) atoms. The van der Waals surface area contributed by atoms with Crippen molar-refractivity contribution in [2.75, 3.05) is 5.32 Å². The van der Waals surface area contributed by atoms with E-state index in [-0.39, 0.29) is 17.0 Å². The number of rotatable bonds is 5. The van der Waals surface area contributed by atoms with Gasteiger partial charge in [0.05, 0.1) is 5.76 Å². The highest BCUT2D eigenvalue weighted by atomic mass is 19.1. The summed E-state index contributed by atoms with van der Waals surface area (Å²) in [4.78, 5) is 25.5. The Kier molecular flexibility index (Phi) is 6.11. The number of carbonyl (C=O) groups is 1. The highest BCUT2D eigenvalue weighted by molar-refractivity contribution is 6.04. The van der Waals surface area contributed by atoms with Crippen molar-refractivity contribution < 1.29 is 18.3 Å². The van der Waals surface area contributed by atoms with Crippen LogP contribution >= 0.6 is 0 Å². The average Bonchev–Trinajstić information content (AvgIpc) is 2.71. The van der Waals surface area contributed by atoms with E-state index in [1.807, 2.05) is 0 Å². The van der Waals surface area contributed by atoms with Crippen LogP contribution in [0, 0.1) is 18.6 Å². The van der Waals surface area contributed by atoms with E-state index < -0.39 is 23.1 Å². The summed E-state index contributed by atoms with van der Waals surface area (Å²) in [7, 11) is 0. The van der Waals surface area contributed by atoms with Gasteiger partial charge in [-0.3, -0.25) is 14.2 Å². The number of benzene rings is 2. The monoisotopic (exact) mass is 410 g/mol. The van der Waals surface area contributed by atoms with E-state index in [4.69, 9.17) is 4.74 Å². The van der Waals surface area contributed by atoms with Crippen LogP contribution in [0.25, 0.3) is 5.69 Å². The van der Waals surface area contributed by atoms with Gasteiger partial charge in [0.15, 0.2) is 11.6 Å². The lowest BCUT2D eigenvalue weighted by molar-refractivity contribution is 0.102. The molecule has 154 valence electrons. The zero-order valence-corrected chi connectivity index (χ0v) is 16.7. The maximum atomic E-state index is 14.2. The van der Waals surface area contributed by atoms with E-state index in [0.29, 0.717) is 17.1 Å². The number of allylic oxidation sites excluding steroid dienone is 2. The van der Waals surface area contributed by atoms with Gasteiger partial charge in [-0.25, -0.2) is 8.78 Å². The highest BCUT2D eigenvalue weighted by Crippen LogP contribution is 2.23. The lowest BCUT2D eigenvalue weighted by Gasteiger charge is -2.13. The van der Waals surface area contributed by atoms with Crippen molar-refractivity contribution in [3.63, 3.8) is 0 Å². The van der Waals surface area contributed by atoms with Crippen molar-refractivity contribution in [3.05, 3.63) is 99.7 Å². The third-order valence-corrected chi connectivity index (χ3v) is 4.47. The number of anilines is 1. The second-order valence-corrected chi connectivity index (χ2v) is 6.61. The molecule has 0 unspecified atom stereocenters. The minimum Gasteiger partial charge on any atom is -0.459 e. The smallest absolute Gasteiger partial charge is 0.268 e. The molecule has 0 spiro atoms. The molecule has 2 aromatic carbocycles. The molecule has 0 saturated heterocycles. The molecule has 1 aromatic heterocycles. The number of ether oxygens (including phenoxy) is 1. The van der Waals surface area contributed by atoms with Crippen LogP contribution in [0.2, 0.25) is 0 Å². The van der Waals surface area contributed by atoms with Gasteiger partial charge >= 0.3 is 0 Å². The van der Waals surface area contributed by atoms with Gasteiger partial charge in [-0.2, -0.15) is 0 Å². The van der Waals surface area contributed by atoms with Gasteiger partial charge in [-0.05, 0) is 75.4 Å². The van der Waals surface area contributed by atoms with E-state index in [1.165, 1.54) is 47.0 Å². The summed E-state index contributed by atoms with van der Waals surface area (Å²) in [5, 5.41) is 2.52. The highest BCUT2D eigenvalue weighted by Gasteiger charge is 2.16. The number of aromatic nitrogens is 1. The molecule has 3 rings (SSSR count). The lowest BCUT2D eigenvalue weighted by Crippen LogP contribution is -2.29. The second-order valence-electron chi connectivity index (χ2n) is 6.61. The van der Waals surface area contributed by atoms with Crippen molar-refractivity contribution >= 4 is 11.6 Å².